The lowest BCUT2D eigenvalue weighted by Crippen LogP contribution is -2.12. The smallest absolute Gasteiger partial charge is 0.257 e. The van der Waals surface area contributed by atoms with E-state index < -0.39 is 0 Å². The SMILES string of the molecule is COc1ccc(CCOc2cccc(-c3cccc(NC(=O)c4ccnnc4)c3)n2)cc1OC. The van der Waals surface area contributed by atoms with Gasteiger partial charge in [0.25, 0.3) is 5.91 Å². The maximum absolute atomic E-state index is 12.4. The van der Waals surface area contributed by atoms with E-state index in [-0.39, 0.29) is 5.91 Å². The van der Waals surface area contributed by atoms with E-state index in [2.05, 4.69) is 20.5 Å². The van der Waals surface area contributed by atoms with Crippen LogP contribution in [-0.2, 0) is 6.42 Å². The molecule has 2 heterocycles. The topological polar surface area (TPSA) is 95.5 Å². The highest BCUT2D eigenvalue weighted by molar-refractivity contribution is 6.04. The van der Waals surface area contributed by atoms with Gasteiger partial charge in [-0.1, -0.05) is 24.3 Å². The van der Waals surface area contributed by atoms with Crippen molar-refractivity contribution >= 4 is 11.6 Å². The van der Waals surface area contributed by atoms with Gasteiger partial charge in [0.05, 0.1) is 44.5 Å². The number of carbonyl (C=O) groups excluding carboxylic acids is 1. The number of methoxy groups -OCH3 is 2. The quantitative estimate of drug-likeness (QED) is 0.398. The Hall–Kier alpha value is -4.46. The number of anilines is 1. The summed E-state index contributed by atoms with van der Waals surface area (Å²) in [7, 11) is 3.23. The summed E-state index contributed by atoms with van der Waals surface area (Å²) in [6, 6.07) is 20.5. The highest BCUT2D eigenvalue weighted by Crippen LogP contribution is 2.28. The Morgan fingerprint density at radius 3 is 2.56 bits per heavy atom. The molecule has 0 spiro atoms. The fourth-order valence-corrected chi connectivity index (χ4v) is 3.35. The number of benzene rings is 2. The Morgan fingerprint density at radius 1 is 0.912 bits per heavy atom. The van der Waals surface area contributed by atoms with Crippen molar-refractivity contribution in [1.82, 2.24) is 15.2 Å². The summed E-state index contributed by atoms with van der Waals surface area (Å²) in [6.07, 6.45) is 3.59. The van der Waals surface area contributed by atoms with Crippen LogP contribution in [0.1, 0.15) is 15.9 Å². The van der Waals surface area contributed by atoms with E-state index in [4.69, 9.17) is 14.2 Å². The van der Waals surface area contributed by atoms with Crippen LogP contribution < -0.4 is 19.5 Å². The summed E-state index contributed by atoms with van der Waals surface area (Å²) >= 11 is 0. The van der Waals surface area contributed by atoms with Gasteiger partial charge in [-0.25, -0.2) is 4.98 Å². The molecule has 8 heteroatoms. The molecule has 0 saturated carbocycles. The molecule has 0 aliphatic carbocycles. The van der Waals surface area contributed by atoms with Crippen LogP contribution in [0.2, 0.25) is 0 Å². The van der Waals surface area contributed by atoms with Gasteiger partial charge in [0.15, 0.2) is 11.5 Å². The lowest BCUT2D eigenvalue weighted by Gasteiger charge is -2.11. The van der Waals surface area contributed by atoms with Crippen LogP contribution >= 0.6 is 0 Å². The fourth-order valence-electron chi connectivity index (χ4n) is 3.35. The minimum absolute atomic E-state index is 0.257. The summed E-state index contributed by atoms with van der Waals surface area (Å²) in [5, 5.41) is 10.3. The molecule has 0 aliphatic heterocycles. The number of carbonyl (C=O) groups is 1. The zero-order chi connectivity index (χ0) is 23.8. The van der Waals surface area contributed by atoms with Crippen LogP contribution in [0.4, 0.5) is 5.69 Å². The van der Waals surface area contributed by atoms with Gasteiger partial charge in [-0.05, 0) is 42.0 Å². The van der Waals surface area contributed by atoms with Crippen LogP contribution in [0.5, 0.6) is 17.4 Å². The molecule has 4 aromatic rings. The molecule has 0 atom stereocenters. The second-order valence-electron chi connectivity index (χ2n) is 7.31. The first-order valence-corrected chi connectivity index (χ1v) is 10.7. The van der Waals surface area contributed by atoms with Gasteiger partial charge in [-0.2, -0.15) is 10.2 Å². The molecule has 1 N–H and O–H groups in total. The van der Waals surface area contributed by atoms with Gasteiger partial charge in [0.1, 0.15) is 0 Å². The number of ether oxygens (including phenoxy) is 3. The minimum Gasteiger partial charge on any atom is -0.493 e. The molecular formula is C26H24N4O4. The molecule has 0 saturated heterocycles. The van der Waals surface area contributed by atoms with E-state index in [0.717, 1.165) is 16.8 Å². The molecule has 0 unspecified atom stereocenters. The van der Waals surface area contributed by atoms with E-state index in [1.807, 2.05) is 60.7 Å². The van der Waals surface area contributed by atoms with Crippen molar-refractivity contribution in [3.8, 4) is 28.6 Å². The van der Waals surface area contributed by atoms with E-state index in [1.165, 1.54) is 12.4 Å². The zero-order valence-corrected chi connectivity index (χ0v) is 18.9. The summed E-state index contributed by atoms with van der Waals surface area (Å²) in [4.78, 5) is 17.0. The van der Waals surface area contributed by atoms with Gasteiger partial charge in [0, 0.05) is 23.7 Å². The normalized spacial score (nSPS) is 10.4. The highest BCUT2D eigenvalue weighted by Gasteiger charge is 2.09. The van der Waals surface area contributed by atoms with Gasteiger partial charge in [0.2, 0.25) is 5.88 Å². The third-order valence-corrected chi connectivity index (χ3v) is 5.07. The molecule has 4 rings (SSSR count). The molecule has 0 aliphatic rings. The lowest BCUT2D eigenvalue weighted by atomic mass is 10.1. The first kappa shape index (κ1) is 22.7. The second kappa shape index (κ2) is 10.9. The summed E-state index contributed by atoms with van der Waals surface area (Å²) in [6.45, 7) is 0.460. The molecule has 2 aromatic heterocycles. The fraction of sp³-hybridized carbons (Fsp3) is 0.154. The van der Waals surface area contributed by atoms with Crippen LogP contribution in [0.15, 0.2) is 79.1 Å². The number of aromatic nitrogens is 3. The van der Waals surface area contributed by atoms with Gasteiger partial charge in [-0.15, -0.1) is 0 Å². The van der Waals surface area contributed by atoms with Crippen molar-refractivity contribution in [2.75, 3.05) is 26.1 Å². The van der Waals surface area contributed by atoms with E-state index in [1.54, 1.807) is 20.3 Å². The van der Waals surface area contributed by atoms with Crippen molar-refractivity contribution in [2.45, 2.75) is 6.42 Å². The number of rotatable bonds is 9. The number of pyridine rings is 1. The Bertz CT molecular complexity index is 1260. The molecular weight excluding hydrogens is 432 g/mol. The van der Waals surface area contributed by atoms with E-state index in [9.17, 15) is 4.79 Å². The van der Waals surface area contributed by atoms with Crippen LogP contribution in [0, 0.1) is 0 Å². The van der Waals surface area contributed by atoms with E-state index in [0.29, 0.717) is 41.7 Å². The molecule has 8 nitrogen and oxygen atoms in total. The van der Waals surface area contributed by atoms with Gasteiger partial charge < -0.3 is 19.5 Å². The Morgan fingerprint density at radius 2 is 1.76 bits per heavy atom. The first-order chi connectivity index (χ1) is 16.7. The average molecular weight is 457 g/mol. The molecule has 172 valence electrons. The van der Waals surface area contributed by atoms with Crippen molar-refractivity contribution in [3.05, 3.63) is 90.3 Å². The Balaban J connectivity index is 1.40. The molecule has 0 bridgehead atoms. The Kier molecular flexibility index (Phi) is 7.29. The molecule has 0 radical (unpaired) electrons. The average Bonchev–Trinajstić information content (AvgIpc) is 2.89. The summed E-state index contributed by atoms with van der Waals surface area (Å²) in [5.74, 6) is 1.65. The van der Waals surface area contributed by atoms with Gasteiger partial charge in [-0.3, -0.25) is 4.79 Å². The largest absolute Gasteiger partial charge is 0.493 e. The van der Waals surface area contributed by atoms with Crippen LogP contribution in [0.25, 0.3) is 11.3 Å². The van der Waals surface area contributed by atoms with Crippen molar-refractivity contribution in [2.24, 2.45) is 0 Å². The maximum Gasteiger partial charge on any atom is 0.257 e. The molecule has 34 heavy (non-hydrogen) atoms. The second-order valence-corrected chi connectivity index (χ2v) is 7.31. The predicted molar refractivity (Wildman–Crippen MR) is 128 cm³/mol. The summed E-state index contributed by atoms with van der Waals surface area (Å²) < 4.78 is 16.5. The van der Waals surface area contributed by atoms with Gasteiger partial charge >= 0.3 is 0 Å². The van der Waals surface area contributed by atoms with Crippen LogP contribution in [-0.4, -0.2) is 41.9 Å². The van der Waals surface area contributed by atoms with Crippen molar-refractivity contribution in [1.29, 1.82) is 0 Å². The molecule has 2 aromatic carbocycles. The minimum atomic E-state index is -0.257. The molecule has 1 amide bonds. The summed E-state index contributed by atoms with van der Waals surface area (Å²) in [5.41, 5.74) is 3.76. The van der Waals surface area contributed by atoms with Crippen LogP contribution in [0.3, 0.4) is 0 Å². The highest BCUT2D eigenvalue weighted by atomic mass is 16.5. The van der Waals surface area contributed by atoms with E-state index >= 15 is 0 Å². The van der Waals surface area contributed by atoms with Crippen molar-refractivity contribution < 1.29 is 19.0 Å². The zero-order valence-electron chi connectivity index (χ0n) is 18.9. The predicted octanol–water partition coefficient (Wildman–Crippen LogP) is 4.43. The third-order valence-electron chi connectivity index (χ3n) is 5.07. The third kappa shape index (κ3) is 5.66. The number of hydrogen-bond acceptors (Lipinski definition) is 7. The number of nitrogens with one attached hydrogen (secondary N) is 1. The maximum atomic E-state index is 12.4. The lowest BCUT2D eigenvalue weighted by molar-refractivity contribution is 0.102. The molecule has 0 fully saturated rings. The van der Waals surface area contributed by atoms with Crippen molar-refractivity contribution in [3.63, 3.8) is 0 Å². The monoisotopic (exact) mass is 456 g/mol. The first-order valence-electron chi connectivity index (χ1n) is 10.7. The number of hydrogen-bond donors (Lipinski definition) is 1. The standard InChI is InChI=1S/C26H24N4O4/c1-32-23-10-9-18(15-24(23)33-2)12-14-34-25-8-4-7-22(30-25)19-5-3-6-21(16-19)29-26(31)20-11-13-27-28-17-20/h3-11,13,15-17H,12,14H2,1-2H3,(H,29,31). The number of nitrogens with zero attached hydrogens (tertiary/aromatic N) is 3. The number of amides is 1. The Labute approximate surface area is 197 Å².